The van der Waals surface area contributed by atoms with Crippen molar-refractivity contribution in [2.75, 3.05) is 46.3 Å². The van der Waals surface area contributed by atoms with E-state index in [0.717, 1.165) is 12.5 Å². The molecule has 2 fully saturated rings. The lowest BCUT2D eigenvalue weighted by molar-refractivity contribution is 0.0761. The summed E-state index contributed by atoms with van der Waals surface area (Å²) in [7, 11) is 2.24. The van der Waals surface area contributed by atoms with E-state index < -0.39 is 0 Å². The Kier molecular flexibility index (Phi) is 4.47. The normalized spacial score (nSPS) is 27.4. The predicted octanol–water partition coefficient (Wildman–Crippen LogP) is 2.14. The van der Waals surface area contributed by atoms with E-state index in [-0.39, 0.29) is 0 Å². The average Bonchev–Trinajstić information content (AvgIpc) is 2.49. The van der Waals surface area contributed by atoms with Gasteiger partial charge < -0.3 is 9.80 Å². The lowest BCUT2D eigenvalue weighted by Gasteiger charge is -2.43. The van der Waals surface area contributed by atoms with Gasteiger partial charge in [0.15, 0.2) is 0 Å². The molecular formula is C17H28N3. The fourth-order valence-electron chi connectivity index (χ4n) is 3.71. The van der Waals surface area contributed by atoms with Crippen LogP contribution in [0.4, 0.5) is 0 Å². The fourth-order valence-corrected chi connectivity index (χ4v) is 3.71. The lowest BCUT2D eigenvalue weighted by Crippen LogP contribution is -2.52. The zero-order valence-corrected chi connectivity index (χ0v) is 13.0. The molecule has 3 nitrogen and oxygen atoms in total. The van der Waals surface area contributed by atoms with Crippen LogP contribution in [0.2, 0.25) is 0 Å². The smallest absolute Gasteiger partial charge is 0.0352 e. The van der Waals surface area contributed by atoms with Crippen LogP contribution in [0, 0.1) is 6.42 Å². The molecule has 2 aliphatic heterocycles. The Bertz CT molecular complexity index is 383. The van der Waals surface area contributed by atoms with Gasteiger partial charge in [0.2, 0.25) is 0 Å². The quantitative estimate of drug-likeness (QED) is 0.764. The second kappa shape index (κ2) is 6.31. The molecule has 0 amide bonds. The Morgan fingerprint density at radius 2 is 1.70 bits per heavy atom. The van der Waals surface area contributed by atoms with E-state index in [1.54, 1.807) is 0 Å². The number of allylic oxidation sites excluding steroid dienone is 3. The number of hydrogen-bond donors (Lipinski definition) is 0. The number of hydrogen-bond acceptors (Lipinski definition) is 3. The zero-order chi connectivity index (χ0) is 13.9. The van der Waals surface area contributed by atoms with E-state index in [2.05, 4.69) is 47.2 Å². The van der Waals surface area contributed by atoms with Gasteiger partial charge in [-0.2, -0.15) is 0 Å². The van der Waals surface area contributed by atoms with E-state index in [9.17, 15) is 0 Å². The van der Waals surface area contributed by atoms with Crippen LogP contribution in [-0.2, 0) is 0 Å². The maximum absolute atomic E-state index is 2.73. The average molecular weight is 274 g/mol. The van der Waals surface area contributed by atoms with Crippen molar-refractivity contribution in [3.8, 4) is 0 Å². The van der Waals surface area contributed by atoms with Gasteiger partial charge in [-0.15, -0.1) is 0 Å². The van der Waals surface area contributed by atoms with Gasteiger partial charge in [-0.25, -0.2) is 0 Å². The molecule has 3 rings (SSSR count). The highest BCUT2D eigenvalue weighted by Gasteiger charge is 2.27. The van der Waals surface area contributed by atoms with Gasteiger partial charge in [0.25, 0.3) is 0 Å². The third-order valence-electron chi connectivity index (χ3n) is 5.08. The molecule has 3 aliphatic rings. The first-order chi connectivity index (χ1) is 9.74. The summed E-state index contributed by atoms with van der Waals surface area (Å²) in [6, 6.07) is 0.819. The molecule has 0 bridgehead atoms. The van der Waals surface area contributed by atoms with Gasteiger partial charge >= 0.3 is 0 Å². The molecule has 0 aromatic heterocycles. The topological polar surface area (TPSA) is 9.72 Å². The molecule has 20 heavy (non-hydrogen) atoms. The van der Waals surface area contributed by atoms with E-state index in [4.69, 9.17) is 0 Å². The Morgan fingerprint density at radius 3 is 2.35 bits per heavy atom. The minimum Gasteiger partial charge on any atom is -0.371 e. The third kappa shape index (κ3) is 3.09. The number of nitrogens with zero attached hydrogens (tertiary/aromatic N) is 3. The highest BCUT2D eigenvalue weighted by atomic mass is 15.3. The Labute approximate surface area is 123 Å². The van der Waals surface area contributed by atoms with Crippen molar-refractivity contribution < 1.29 is 0 Å². The van der Waals surface area contributed by atoms with E-state index >= 15 is 0 Å². The summed E-state index contributed by atoms with van der Waals surface area (Å²) in [5.74, 6) is 0. The summed E-state index contributed by atoms with van der Waals surface area (Å²) >= 11 is 0. The Balaban J connectivity index is 1.52. The molecule has 1 aliphatic carbocycles. The number of piperidine rings is 1. The van der Waals surface area contributed by atoms with Crippen LogP contribution in [0.25, 0.3) is 0 Å². The van der Waals surface area contributed by atoms with Crippen LogP contribution >= 0.6 is 0 Å². The standard InChI is InChI=1S/C17H28N3/c1-15-5-3-4-6-17(15)20-9-7-16(8-10-20)19-13-11-18(2)12-14-19/h3,5-6,16H,4,7-14H2,1-2H3. The highest BCUT2D eigenvalue weighted by molar-refractivity contribution is 5.34. The maximum atomic E-state index is 2.73. The zero-order valence-electron chi connectivity index (χ0n) is 13.0. The fraction of sp³-hybridized carbons (Fsp3) is 0.706. The third-order valence-corrected chi connectivity index (χ3v) is 5.08. The van der Waals surface area contributed by atoms with Crippen molar-refractivity contribution in [1.82, 2.24) is 14.7 Å². The summed E-state index contributed by atoms with van der Waals surface area (Å²) in [5.41, 5.74) is 2.93. The van der Waals surface area contributed by atoms with Crippen molar-refractivity contribution in [1.29, 1.82) is 0 Å². The second-order valence-electron chi connectivity index (χ2n) is 6.47. The monoisotopic (exact) mass is 274 g/mol. The van der Waals surface area contributed by atoms with Crippen LogP contribution in [-0.4, -0.2) is 67.1 Å². The van der Waals surface area contributed by atoms with Crippen LogP contribution in [0.15, 0.2) is 23.4 Å². The van der Waals surface area contributed by atoms with Crippen LogP contribution in [0.3, 0.4) is 0 Å². The number of rotatable bonds is 2. The summed E-state index contributed by atoms with van der Waals surface area (Å²) in [6.45, 7) is 9.71. The van der Waals surface area contributed by atoms with E-state index in [1.165, 1.54) is 63.4 Å². The van der Waals surface area contributed by atoms with Crippen molar-refractivity contribution in [2.45, 2.75) is 32.2 Å². The maximum Gasteiger partial charge on any atom is 0.0352 e. The van der Waals surface area contributed by atoms with Gasteiger partial charge in [0, 0.05) is 51.0 Å². The molecular weight excluding hydrogens is 246 g/mol. The van der Waals surface area contributed by atoms with Crippen molar-refractivity contribution in [3.05, 3.63) is 29.8 Å². The summed E-state index contributed by atoms with van der Waals surface area (Å²) in [5, 5.41) is 0. The lowest BCUT2D eigenvalue weighted by atomic mass is 9.98. The number of likely N-dealkylation sites (N-methyl/N-ethyl adjacent to an activating group) is 1. The van der Waals surface area contributed by atoms with Crippen LogP contribution in [0.5, 0.6) is 0 Å². The largest absolute Gasteiger partial charge is 0.371 e. The predicted molar refractivity (Wildman–Crippen MR) is 84.4 cm³/mol. The van der Waals surface area contributed by atoms with Gasteiger partial charge in [-0.05, 0) is 45.2 Å². The van der Waals surface area contributed by atoms with Gasteiger partial charge in [-0.1, -0.05) is 12.2 Å². The first-order valence-corrected chi connectivity index (χ1v) is 8.12. The molecule has 0 atom stereocenters. The van der Waals surface area contributed by atoms with Crippen molar-refractivity contribution in [2.24, 2.45) is 0 Å². The van der Waals surface area contributed by atoms with E-state index in [1.807, 2.05) is 0 Å². The number of likely N-dealkylation sites (tertiary alicyclic amines) is 1. The van der Waals surface area contributed by atoms with Gasteiger partial charge in [-0.3, -0.25) is 4.90 Å². The molecule has 0 aromatic carbocycles. The van der Waals surface area contributed by atoms with Gasteiger partial charge in [0.1, 0.15) is 0 Å². The molecule has 0 unspecified atom stereocenters. The minimum atomic E-state index is 0.819. The van der Waals surface area contributed by atoms with Gasteiger partial charge in [0.05, 0.1) is 0 Å². The van der Waals surface area contributed by atoms with Crippen LogP contribution < -0.4 is 0 Å². The SMILES string of the molecule is CC1=C[CH]CC=C1N1CCC(N2CCN(C)CC2)CC1. The van der Waals surface area contributed by atoms with E-state index in [0.29, 0.717) is 0 Å². The minimum absolute atomic E-state index is 0.819. The first kappa shape index (κ1) is 14.2. The highest BCUT2D eigenvalue weighted by Crippen LogP contribution is 2.26. The molecule has 0 aromatic rings. The summed E-state index contributed by atoms with van der Waals surface area (Å²) in [4.78, 5) is 7.78. The molecule has 2 saturated heterocycles. The molecule has 0 saturated carbocycles. The number of piperazine rings is 1. The Morgan fingerprint density at radius 1 is 1.00 bits per heavy atom. The first-order valence-electron chi connectivity index (χ1n) is 8.12. The molecule has 111 valence electrons. The molecule has 0 spiro atoms. The van der Waals surface area contributed by atoms with Crippen LogP contribution in [0.1, 0.15) is 26.2 Å². The molecule has 0 N–H and O–H groups in total. The molecule has 3 heteroatoms. The molecule has 1 radical (unpaired) electrons. The van der Waals surface area contributed by atoms with Crippen molar-refractivity contribution >= 4 is 0 Å². The van der Waals surface area contributed by atoms with Crippen molar-refractivity contribution in [3.63, 3.8) is 0 Å². The Hall–Kier alpha value is -0.800. The summed E-state index contributed by atoms with van der Waals surface area (Å²) < 4.78 is 0. The molecule has 2 heterocycles. The second-order valence-corrected chi connectivity index (χ2v) is 6.47. The summed E-state index contributed by atoms with van der Waals surface area (Å²) in [6.07, 6.45) is 10.7.